The summed E-state index contributed by atoms with van der Waals surface area (Å²) >= 11 is 3.66. The number of thioether (sulfide) groups is 2. The van der Waals surface area contributed by atoms with Crippen LogP contribution in [0.25, 0.3) is 0 Å². The predicted octanol–water partition coefficient (Wildman–Crippen LogP) is 9.62. The Morgan fingerprint density at radius 1 is 0.632 bits per heavy atom. The summed E-state index contributed by atoms with van der Waals surface area (Å²) in [5, 5.41) is 19.6. The zero-order valence-corrected chi connectivity index (χ0v) is 80.3. The van der Waals surface area contributed by atoms with E-state index in [2.05, 4.69) is 36.9 Å². The van der Waals surface area contributed by atoms with Crippen molar-refractivity contribution in [3.8, 4) is 5.75 Å². The maximum absolute atomic E-state index is 15.0. The van der Waals surface area contributed by atoms with Crippen LogP contribution in [0.2, 0.25) is 0 Å². The topological polar surface area (TPSA) is 417 Å². The zero-order chi connectivity index (χ0) is 96.1. The summed E-state index contributed by atoms with van der Waals surface area (Å²) in [7, 11) is 6.14. The number of anilines is 2. The number of methoxy groups -OCH3 is 2. The molecule has 10 rings (SSSR count). The lowest BCUT2D eigenvalue weighted by molar-refractivity contribution is -0.148. The van der Waals surface area contributed by atoms with Crippen LogP contribution in [0.5, 0.6) is 5.75 Å². The highest BCUT2D eigenvalue weighted by Crippen LogP contribution is 2.45. The van der Waals surface area contributed by atoms with Gasteiger partial charge in [0.15, 0.2) is 0 Å². The highest BCUT2D eigenvalue weighted by molar-refractivity contribution is 8.08. The fraction of sp³-hybridized carbons (Fsp3) is 0.500. The van der Waals surface area contributed by atoms with Crippen molar-refractivity contribution in [2.45, 2.75) is 178 Å². The lowest BCUT2D eigenvalue weighted by atomic mass is 9.89. The zero-order valence-electron chi connectivity index (χ0n) is 77.8. The lowest BCUT2D eigenvalue weighted by Gasteiger charge is -2.41. The number of amides is 14. The molecule has 0 saturated carbocycles. The maximum Gasteiger partial charge on any atom is 0.410 e. The Kier molecular flexibility index (Phi) is 39.5. The van der Waals surface area contributed by atoms with Gasteiger partial charge in [0, 0.05) is 106 Å². The van der Waals surface area contributed by atoms with Crippen LogP contribution < -0.4 is 47.3 Å². The Balaban J connectivity index is 0.688. The Labute approximate surface area is 789 Å². The van der Waals surface area contributed by atoms with Gasteiger partial charge in [-0.25, -0.2) is 19.5 Å². The number of imide groups is 1. The van der Waals surface area contributed by atoms with Gasteiger partial charge < -0.3 is 90.4 Å². The van der Waals surface area contributed by atoms with E-state index in [1.165, 1.54) is 30.4 Å². The number of rotatable bonds is 46. The molecule has 1 aromatic heterocycles. The molecule has 14 amide bonds. The third-order valence-electron chi connectivity index (χ3n) is 24.0. The number of benzene rings is 5. The first-order valence-corrected chi connectivity index (χ1v) is 47.6. The number of nitrogens with one attached hydrogen (secondary N) is 6. The van der Waals surface area contributed by atoms with E-state index in [9.17, 15) is 62.3 Å². The monoisotopic (exact) mass is 1890 g/mol. The number of likely N-dealkylation sites (tertiary alicyclic amines) is 1. The molecule has 4 aliphatic heterocycles. The van der Waals surface area contributed by atoms with Crippen molar-refractivity contribution >= 4 is 123 Å². The van der Waals surface area contributed by atoms with Crippen molar-refractivity contribution in [1.29, 1.82) is 0 Å². The molecular weight excluding hydrogens is 1770 g/mol. The minimum absolute atomic E-state index is 0.0262. The molecule has 0 spiro atoms. The summed E-state index contributed by atoms with van der Waals surface area (Å²) in [5.74, 6) is -6.78. The minimum Gasteiger partial charge on any atom is -0.491 e. The number of hydrogen-bond donors (Lipinski definition) is 7. The SMILES string of the molecule is CCC(C)[C@@H]([C@@H](CC(=O)N1CCC[C@H]1[C@H](OC)[C@@H](C)C(=O)N[C@@H](Cc1ccccc1)c1nccs1)OC)N(C)C(=O)[C@@H](NC(=O)[C@H](C(C)C)N(C)C(=O)OCc1ccc(NC(=O)[C@H](CCCNC(N)=O)NC(=O)[C@@H](NC(=O)COCCOc2ccc(N3C(=O)C(Sc4ccc(C(=O)N5CCOCC5)cc4)=C(Sc4ccc(C(=O)N5CCOCC5)cc4)C3=O)cc2)C(C)C)cc1)C(C)C. The van der Waals surface area contributed by atoms with Crippen LogP contribution in [0.15, 0.2) is 159 Å². The summed E-state index contributed by atoms with van der Waals surface area (Å²) in [4.78, 5) is 196. The van der Waals surface area contributed by atoms with E-state index in [1.54, 1.807) is 179 Å². The highest BCUT2D eigenvalue weighted by Gasteiger charge is 2.46. The summed E-state index contributed by atoms with van der Waals surface area (Å²) in [6.07, 6.45) is 2.01. The number of carbonyl (C=O) groups is 13. The number of urea groups is 1. The number of likely N-dealkylation sites (N-methyl/N-ethyl adjacent to an activating group) is 2. The molecule has 4 aliphatic rings. The Morgan fingerprint density at radius 3 is 1.76 bits per heavy atom. The highest BCUT2D eigenvalue weighted by atomic mass is 32.2. The molecule has 34 nitrogen and oxygen atoms in total. The maximum atomic E-state index is 15.0. The standard InChI is InChI=1S/C96H126N14O20S3/c1-14-61(8)81(75(124-12)55-77(112)109-42-19-23-74(109)82(125-13)62(9)85(113)102-73(89-98-41-53-131-89)54-63-20-16-15-17-21-63)105(10)92(119)79(59(4)5)104-88(116)80(60(6)7)106(11)96(123)130-56-64-24-30-67(31-25-64)100-86(114)72(22-18-40-99-95(97)122)101-87(115)78(58(2)3)103-76(111)57-128-51-52-129-69-34-32-68(33-35-69)110-93(120)83(132-70-36-26-65(27-37-70)90(117)107-43-47-126-48-44-107)84(94(110)121)133-71-38-28-66(29-39-71)91(118)108-45-49-127-50-46-108/h15-17,20-21,24-39,41,53,58-62,72-75,78-82H,14,18-19,22-23,40,42-52,54-57H2,1-13H3,(H,100,114)(H,101,115)(H,102,113)(H,103,111)(H,104,116)(H3,97,99,122)/t61?,62-,72+,73+,74+,75-,78+,79+,80+,81+,82-/m1/s1. The van der Waals surface area contributed by atoms with Crippen LogP contribution >= 0.6 is 34.9 Å². The molecule has 133 heavy (non-hydrogen) atoms. The average molecular weight is 1890 g/mol. The number of carbonyl (C=O) groups excluding carboxylic acids is 13. The van der Waals surface area contributed by atoms with Crippen molar-refractivity contribution in [3.05, 3.63) is 176 Å². The van der Waals surface area contributed by atoms with Gasteiger partial charge in [-0.05, 0) is 152 Å². The normalized spacial score (nSPS) is 16.9. The van der Waals surface area contributed by atoms with E-state index in [-0.39, 0.29) is 96.7 Å². The van der Waals surface area contributed by atoms with Gasteiger partial charge in [-0.15, -0.1) is 11.3 Å². The molecule has 11 atom stereocenters. The van der Waals surface area contributed by atoms with Crippen molar-refractivity contribution in [1.82, 2.24) is 56.1 Å². The van der Waals surface area contributed by atoms with Crippen molar-refractivity contribution < 1.29 is 95.5 Å². The van der Waals surface area contributed by atoms with Crippen LogP contribution in [0.3, 0.4) is 0 Å². The minimum atomic E-state index is -1.19. The molecule has 5 heterocycles. The molecule has 0 radical (unpaired) electrons. The van der Waals surface area contributed by atoms with Gasteiger partial charge in [-0.3, -0.25) is 57.6 Å². The fourth-order valence-corrected chi connectivity index (χ4v) is 19.2. The second-order valence-corrected chi connectivity index (χ2v) is 37.4. The van der Waals surface area contributed by atoms with Gasteiger partial charge in [0.2, 0.25) is 41.4 Å². The van der Waals surface area contributed by atoms with Crippen LogP contribution in [0.4, 0.5) is 21.0 Å². The van der Waals surface area contributed by atoms with Crippen LogP contribution in [-0.4, -0.2) is 269 Å². The molecule has 0 bridgehead atoms. The molecule has 6 aromatic rings. The van der Waals surface area contributed by atoms with Crippen molar-refractivity contribution in [3.63, 3.8) is 0 Å². The summed E-state index contributed by atoms with van der Waals surface area (Å²) in [5.41, 5.74) is 8.37. The van der Waals surface area contributed by atoms with Crippen molar-refractivity contribution in [2.75, 3.05) is 124 Å². The number of thiazole rings is 1. The fourth-order valence-electron chi connectivity index (χ4n) is 16.5. The van der Waals surface area contributed by atoms with Gasteiger partial charge in [-0.2, -0.15) is 0 Å². The third-order valence-corrected chi connectivity index (χ3v) is 27.2. The largest absolute Gasteiger partial charge is 0.491 e. The number of primary amides is 1. The quantitative estimate of drug-likeness (QED) is 0.0138. The Bertz CT molecular complexity index is 4870. The van der Waals surface area contributed by atoms with Gasteiger partial charge in [-0.1, -0.05) is 135 Å². The van der Waals surface area contributed by atoms with Gasteiger partial charge in [0.25, 0.3) is 23.6 Å². The van der Waals surface area contributed by atoms with Crippen molar-refractivity contribution in [2.24, 2.45) is 35.3 Å². The lowest BCUT2D eigenvalue weighted by Crippen LogP contribution is -2.60. The molecule has 0 aliphatic carbocycles. The predicted molar refractivity (Wildman–Crippen MR) is 504 cm³/mol. The second-order valence-electron chi connectivity index (χ2n) is 34.3. The summed E-state index contributed by atoms with van der Waals surface area (Å²) < 4.78 is 40.4. The van der Waals surface area contributed by atoms with E-state index in [0.717, 1.165) is 39.0 Å². The number of morpholine rings is 2. The van der Waals surface area contributed by atoms with Crippen LogP contribution in [0.1, 0.15) is 144 Å². The first-order valence-electron chi connectivity index (χ1n) is 45.1. The van der Waals surface area contributed by atoms with E-state index < -0.39 is 132 Å². The molecule has 8 N–H and O–H groups in total. The molecule has 3 saturated heterocycles. The van der Waals surface area contributed by atoms with Gasteiger partial charge in [0.1, 0.15) is 54.7 Å². The van der Waals surface area contributed by atoms with Crippen LogP contribution in [0, 0.1) is 29.6 Å². The first-order chi connectivity index (χ1) is 63.8. The third kappa shape index (κ3) is 28.6. The Hall–Kier alpha value is -11.3. The van der Waals surface area contributed by atoms with Gasteiger partial charge >= 0.3 is 12.1 Å². The second kappa shape index (κ2) is 50.7. The number of ether oxygens (including phenoxy) is 7. The summed E-state index contributed by atoms with van der Waals surface area (Å²) in [6, 6.07) is 29.4. The number of nitrogens with zero attached hydrogens (tertiary/aromatic N) is 7. The number of aromatic nitrogens is 1. The van der Waals surface area contributed by atoms with E-state index in [0.29, 0.717) is 123 Å². The molecule has 5 aromatic carbocycles. The Morgan fingerprint density at radius 2 is 1.23 bits per heavy atom. The van der Waals surface area contributed by atoms with E-state index in [1.807, 2.05) is 56.5 Å². The van der Waals surface area contributed by atoms with E-state index >= 15 is 0 Å². The first kappa shape index (κ1) is 104. The molecular formula is C96H126N14O20S3. The average Bonchev–Trinajstić information content (AvgIpc) is 1.62. The molecule has 1 unspecified atom stereocenters. The van der Waals surface area contributed by atoms with Gasteiger partial charge in [0.05, 0.1) is 91.2 Å². The molecule has 3 fully saturated rings. The number of nitrogens with two attached hydrogens (primary N) is 1. The smallest absolute Gasteiger partial charge is 0.410 e. The summed E-state index contributed by atoms with van der Waals surface area (Å²) in [6.45, 7) is 19.6. The van der Waals surface area contributed by atoms with E-state index in [4.69, 9.17) is 38.9 Å². The van der Waals surface area contributed by atoms with Crippen LogP contribution in [-0.2, 0) is 84.6 Å². The molecule has 718 valence electrons. The molecule has 37 heteroatoms. The number of hydrogen-bond acceptors (Lipinski definition) is 24.